The Kier molecular flexibility index (Phi) is 3.46. The van der Waals surface area contributed by atoms with Crippen LogP contribution in [0.2, 0.25) is 0 Å². The second kappa shape index (κ2) is 5.62. The van der Waals surface area contributed by atoms with Crippen LogP contribution in [0.15, 0.2) is 42.7 Å². The van der Waals surface area contributed by atoms with Crippen LogP contribution < -0.4 is 4.90 Å². The molecule has 6 heteroatoms. The largest absolute Gasteiger partial charge is 0.354 e. The van der Waals surface area contributed by atoms with E-state index in [1.807, 2.05) is 16.6 Å². The van der Waals surface area contributed by atoms with Crippen molar-refractivity contribution in [1.29, 1.82) is 0 Å². The predicted octanol–water partition coefficient (Wildman–Crippen LogP) is 2.29. The molecule has 0 unspecified atom stereocenters. The zero-order chi connectivity index (χ0) is 15.8. The lowest BCUT2D eigenvalue weighted by molar-refractivity contribution is 0.311. The summed E-state index contributed by atoms with van der Waals surface area (Å²) >= 11 is 0. The molecule has 1 aliphatic heterocycles. The first kappa shape index (κ1) is 14.1. The Bertz CT molecular complexity index is 836. The Balaban J connectivity index is 1.80. The first-order chi connectivity index (χ1) is 11.2. The predicted molar refractivity (Wildman–Crippen MR) is 88.1 cm³/mol. The highest BCUT2D eigenvalue weighted by atomic mass is 19.1. The molecule has 4 rings (SSSR count). The van der Waals surface area contributed by atoms with Crippen molar-refractivity contribution in [3.63, 3.8) is 0 Å². The quantitative estimate of drug-likeness (QED) is 0.727. The first-order valence-electron chi connectivity index (χ1n) is 7.75. The zero-order valence-electron chi connectivity index (χ0n) is 13.0. The second-order valence-electron chi connectivity index (χ2n) is 5.87. The minimum absolute atomic E-state index is 0.255. The molecule has 1 saturated heterocycles. The van der Waals surface area contributed by atoms with Crippen molar-refractivity contribution in [3.05, 3.63) is 48.5 Å². The number of rotatable bonds is 2. The number of nitrogens with zero attached hydrogens (tertiary/aromatic N) is 5. The van der Waals surface area contributed by atoms with E-state index >= 15 is 0 Å². The molecule has 0 spiro atoms. The molecule has 1 aromatic carbocycles. The van der Waals surface area contributed by atoms with Crippen LogP contribution in [0, 0.1) is 5.82 Å². The molecular formula is C17H18FN5. The molecule has 0 aliphatic carbocycles. The second-order valence-corrected chi connectivity index (χ2v) is 5.87. The van der Waals surface area contributed by atoms with E-state index in [4.69, 9.17) is 0 Å². The van der Waals surface area contributed by atoms with Gasteiger partial charge < -0.3 is 9.80 Å². The van der Waals surface area contributed by atoms with Gasteiger partial charge in [0.15, 0.2) is 5.65 Å². The number of likely N-dealkylation sites (N-methyl/N-ethyl adjacent to an activating group) is 1. The standard InChI is InChI=1S/C17H18FN5/c1-21-8-10-22(11-9-21)16-6-7-19-17-14(12-20-23(16)17)13-4-2-3-5-15(13)18/h2-7,12H,8-11H2,1H3. The van der Waals surface area contributed by atoms with E-state index in [-0.39, 0.29) is 5.82 Å². The Hall–Kier alpha value is -2.47. The maximum absolute atomic E-state index is 14.1. The van der Waals surface area contributed by atoms with Crippen molar-refractivity contribution in [1.82, 2.24) is 19.5 Å². The normalized spacial score (nSPS) is 16.2. The van der Waals surface area contributed by atoms with Gasteiger partial charge in [0.05, 0.1) is 6.20 Å². The Morgan fingerprint density at radius 2 is 1.78 bits per heavy atom. The molecular weight excluding hydrogens is 293 g/mol. The fourth-order valence-electron chi connectivity index (χ4n) is 3.02. The van der Waals surface area contributed by atoms with Crippen molar-refractivity contribution < 1.29 is 4.39 Å². The number of anilines is 1. The smallest absolute Gasteiger partial charge is 0.165 e. The van der Waals surface area contributed by atoms with Gasteiger partial charge >= 0.3 is 0 Å². The van der Waals surface area contributed by atoms with E-state index in [0.717, 1.165) is 37.6 Å². The lowest BCUT2D eigenvalue weighted by Crippen LogP contribution is -2.45. The fraction of sp³-hybridized carbons (Fsp3) is 0.294. The Labute approximate surface area is 134 Å². The van der Waals surface area contributed by atoms with Gasteiger partial charge in [0, 0.05) is 43.5 Å². The summed E-state index contributed by atoms with van der Waals surface area (Å²) < 4.78 is 15.9. The maximum atomic E-state index is 14.1. The van der Waals surface area contributed by atoms with Crippen LogP contribution in [-0.2, 0) is 0 Å². The average molecular weight is 311 g/mol. The molecule has 0 atom stereocenters. The van der Waals surface area contributed by atoms with Crippen LogP contribution in [0.25, 0.3) is 16.8 Å². The van der Waals surface area contributed by atoms with E-state index < -0.39 is 0 Å². The molecule has 0 bridgehead atoms. The van der Waals surface area contributed by atoms with Gasteiger partial charge in [-0.25, -0.2) is 9.37 Å². The van der Waals surface area contributed by atoms with E-state index in [1.165, 1.54) is 6.07 Å². The monoisotopic (exact) mass is 311 g/mol. The van der Waals surface area contributed by atoms with Crippen LogP contribution in [0.4, 0.5) is 10.2 Å². The summed E-state index contributed by atoms with van der Waals surface area (Å²) in [5, 5.41) is 4.46. The molecule has 0 N–H and O–H groups in total. The minimum atomic E-state index is -0.255. The summed E-state index contributed by atoms with van der Waals surface area (Å²) in [5.74, 6) is 0.750. The van der Waals surface area contributed by atoms with Crippen molar-refractivity contribution in [2.45, 2.75) is 0 Å². The average Bonchev–Trinajstić information content (AvgIpc) is 3.00. The third-order valence-electron chi connectivity index (χ3n) is 4.37. The maximum Gasteiger partial charge on any atom is 0.165 e. The summed E-state index contributed by atoms with van der Waals surface area (Å²) in [7, 11) is 2.13. The lowest BCUT2D eigenvalue weighted by atomic mass is 10.1. The number of benzene rings is 1. The molecule has 118 valence electrons. The van der Waals surface area contributed by atoms with Crippen molar-refractivity contribution in [3.8, 4) is 11.1 Å². The summed E-state index contributed by atoms with van der Waals surface area (Å²) in [6.45, 7) is 3.94. The Morgan fingerprint density at radius 1 is 1.00 bits per heavy atom. The van der Waals surface area contributed by atoms with Crippen molar-refractivity contribution in [2.24, 2.45) is 0 Å². The number of piperazine rings is 1. The number of fused-ring (bicyclic) bond motifs is 1. The van der Waals surface area contributed by atoms with E-state index in [1.54, 1.807) is 24.5 Å². The summed E-state index contributed by atoms with van der Waals surface area (Å²) in [5.41, 5.74) is 1.94. The van der Waals surface area contributed by atoms with Crippen molar-refractivity contribution in [2.75, 3.05) is 38.1 Å². The molecule has 3 aromatic rings. The molecule has 1 aliphatic rings. The van der Waals surface area contributed by atoms with Gasteiger partial charge in [-0.05, 0) is 19.2 Å². The van der Waals surface area contributed by atoms with E-state index in [2.05, 4.69) is 26.9 Å². The highest BCUT2D eigenvalue weighted by molar-refractivity contribution is 5.78. The number of hydrogen-bond acceptors (Lipinski definition) is 4. The van der Waals surface area contributed by atoms with E-state index in [0.29, 0.717) is 11.2 Å². The third kappa shape index (κ3) is 2.45. The lowest BCUT2D eigenvalue weighted by Gasteiger charge is -2.33. The molecule has 0 radical (unpaired) electrons. The Morgan fingerprint density at radius 3 is 2.57 bits per heavy atom. The third-order valence-corrected chi connectivity index (χ3v) is 4.37. The molecule has 5 nitrogen and oxygen atoms in total. The summed E-state index contributed by atoms with van der Waals surface area (Å²) in [4.78, 5) is 9.03. The minimum Gasteiger partial charge on any atom is -0.354 e. The molecule has 1 fully saturated rings. The molecule has 2 aromatic heterocycles. The van der Waals surface area contributed by atoms with Crippen LogP contribution in [0.1, 0.15) is 0 Å². The summed E-state index contributed by atoms with van der Waals surface area (Å²) in [6.07, 6.45) is 3.47. The van der Waals surface area contributed by atoms with Gasteiger partial charge in [-0.3, -0.25) is 0 Å². The molecule has 0 saturated carbocycles. The number of aromatic nitrogens is 3. The topological polar surface area (TPSA) is 36.7 Å². The van der Waals surface area contributed by atoms with Gasteiger partial charge in [0.1, 0.15) is 11.6 Å². The van der Waals surface area contributed by atoms with Gasteiger partial charge in [0.25, 0.3) is 0 Å². The van der Waals surface area contributed by atoms with Crippen LogP contribution in [0.5, 0.6) is 0 Å². The fourth-order valence-corrected chi connectivity index (χ4v) is 3.02. The molecule has 0 amide bonds. The van der Waals surface area contributed by atoms with Gasteiger partial charge in [-0.1, -0.05) is 18.2 Å². The first-order valence-corrected chi connectivity index (χ1v) is 7.75. The van der Waals surface area contributed by atoms with Crippen molar-refractivity contribution >= 4 is 11.5 Å². The van der Waals surface area contributed by atoms with Gasteiger partial charge in [-0.15, -0.1) is 0 Å². The summed E-state index contributed by atoms with van der Waals surface area (Å²) in [6, 6.07) is 8.70. The number of hydrogen-bond donors (Lipinski definition) is 0. The number of halogens is 1. The van der Waals surface area contributed by atoms with Crippen LogP contribution in [0.3, 0.4) is 0 Å². The van der Waals surface area contributed by atoms with Gasteiger partial charge in [-0.2, -0.15) is 9.61 Å². The highest BCUT2D eigenvalue weighted by Gasteiger charge is 2.19. The van der Waals surface area contributed by atoms with E-state index in [9.17, 15) is 4.39 Å². The molecule has 3 heterocycles. The van der Waals surface area contributed by atoms with Crippen LogP contribution >= 0.6 is 0 Å². The van der Waals surface area contributed by atoms with Crippen LogP contribution in [-0.4, -0.2) is 52.7 Å². The SMILES string of the molecule is CN1CCN(c2ccnc3c(-c4ccccc4F)cnn23)CC1. The molecule has 23 heavy (non-hydrogen) atoms. The highest BCUT2D eigenvalue weighted by Crippen LogP contribution is 2.28. The zero-order valence-corrected chi connectivity index (χ0v) is 13.0. The van der Waals surface area contributed by atoms with Gasteiger partial charge in [0.2, 0.25) is 0 Å².